The Labute approximate surface area is 114 Å². The molecule has 0 saturated carbocycles. The molecule has 1 aromatic rings. The molecular formula is C15H21NO3. The zero-order chi connectivity index (χ0) is 13.7. The van der Waals surface area contributed by atoms with Crippen LogP contribution in [-0.2, 0) is 9.53 Å². The van der Waals surface area contributed by atoms with Gasteiger partial charge in [-0.1, -0.05) is 12.1 Å². The van der Waals surface area contributed by atoms with Gasteiger partial charge in [-0.3, -0.25) is 9.69 Å². The van der Waals surface area contributed by atoms with Crippen molar-refractivity contribution in [2.45, 2.75) is 25.8 Å². The predicted molar refractivity (Wildman–Crippen MR) is 73.2 cm³/mol. The summed E-state index contributed by atoms with van der Waals surface area (Å²) >= 11 is 0. The molecule has 0 aromatic heterocycles. The minimum Gasteiger partial charge on any atom is -0.497 e. The first kappa shape index (κ1) is 13.9. The van der Waals surface area contributed by atoms with Crippen molar-refractivity contribution in [1.29, 1.82) is 0 Å². The van der Waals surface area contributed by atoms with Crippen LogP contribution in [0.15, 0.2) is 24.3 Å². The second kappa shape index (κ2) is 6.57. The average Bonchev–Trinajstić information content (AvgIpc) is 2.87. The third-order valence-corrected chi connectivity index (χ3v) is 3.48. The third kappa shape index (κ3) is 3.47. The second-order valence-electron chi connectivity index (χ2n) is 4.71. The Morgan fingerprint density at radius 2 is 2.32 bits per heavy atom. The minimum atomic E-state index is -0.141. The van der Waals surface area contributed by atoms with Crippen molar-refractivity contribution in [3.8, 4) is 5.75 Å². The molecule has 2 rings (SSSR count). The number of likely N-dealkylation sites (tertiary alicyclic amines) is 1. The van der Waals surface area contributed by atoms with Crippen LogP contribution in [0.25, 0.3) is 0 Å². The van der Waals surface area contributed by atoms with E-state index in [1.807, 2.05) is 25.1 Å². The minimum absolute atomic E-state index is 0.141. The zero-order valence-corrected chi connectivity index (χ0v) is 11.6. The lowest BCUT2D eigenvalue weighted by Crippen LogP contribution is -2.30. The molecule has 1 fully saturated rings. The van der Waals surface area contributed by atoms with Crippen LogP contribution in [0.3, 0.4) is 0 Å². The fourth-order valence-corrected chi connectivity index (χ4v) is 2.61. The summed E-state index contributed by atoms with van der Waals surface area (Å²) in [6.07, 6.45) is 2.19. The molecule has 0 spiro atoms. The van der Waals surface area contributed by atoms with Gasteiger partial charge in [-0.05, 0) is 44.0 Å². The van der Waals surface area contributed by atoms with E-state index in [0.717, 1.165) is 25.1 Å². The van der Waals surface area contributed by atoms with Gasteiger partial charge < -0.3 is 9.47 Å². The Morgan fingerprint density at radius 1 is 1.47 bits per heavy atom. The molecule has 0 N–H and O–H groups in total. The fraction of sp³-hybridized carbons (Fsp3) is 0.533. The molecule has 4 nitrogen and oxygen atoms in total. The summed E-state index contributed by atoms with van der Waals surface area (Å²) in [5.74, 6) is 0.720. The fourth-order valence-electron chi connectivity index (χ4n) is 2.61. The van der Waals surface area contributed by atoms with Crippen molar-refractivity contribution in [1.82, 2.24) is 4.90 Å². The highest BCUT2D eigenvalue weighted by Crippen LogP contribution is 2.33. The Bertz CT molecular complexity index is 433. The van der Waals surface area contributed by atoms with Gasteiger partial charge in [0.25, 0.3) is 0 Å². The van der Waals surface area contributed by atoms with E-state index < -0.39 is 0 Å². The number of esters is 1. The van der Waals surface area contributed by atoms with Gasteiger partial charge in [0.15, 0.2) is 0 Å². The molecule has 0 radical (unpaired) electrons. The highest BCUT2D eigenvalue weighted by atomic mass is 16.5. The molecule has 1 atom stereocenters. The number of hydrogen-bond acceptors (Lipinski definition) is 4. The lowest BCUT2D eigenvalue weighted by Gasteiger charge is -2.24. The standard InChI is InChI=1S/C15H21NO3/c1-3-19-15(17)11-16-9-5-8-14(16)12-6-4-7-13(10-12)18-2/h4,6-7,10,14H,3,5,8-9,11H2,1-2H3. The van der Waals surface area contributed by atoms with Gasteiger partial charge >= 0.3 is 5.97 Å². The number of hydrogen-bond donors (Lipinski definition) is 0. The lowest BCUT2D eigenvalue weighted by atomic mass is 10.0. The van der Waals surface area contributed by atoms with Crippen LogP contribution in [0.4, 0.5) is 0 Å². The van der Waals surface area contributed by atoms with Crippen molar-refractivity contribution in [3.63, 3.8) is 0 Å². The third-order valence-electron chi connectivity index (χ3n) is 3.48. The van der Waals surface area contributed by atoms with Crippen molar-refractivity contribution in [2.24, 2.45) is 0 Å². The molecular weight excluding hydrogens is 242 g/mol. The molecule has 4 heteroatoms. The molecule has 1 heterocycles. The molecule has 1 aliphatic rings. The number of nitrogens with zero attached hydrogens (tertiary/aromatic N) is 1. The highest BCUT2D eigenvalue weighted by Gasteiger charge is 2.28. The van der Waals surface area contributed by atoms with Gasteiger partial charge in [-0.2, -0.15) is 0 Å². The van der Waals surface area contributed by atoms with Gasteiger partial charge in [0.05, 0.1) is 20.3 Å². The summed E-state index contributed by atoms with van der Waals surface area (Å²) in [6.45, 7) is 3.59. The van der Waals surface area contributed by atoms with E-state index in [2.05, 4.69) is 11.0 Å². The first-order valence-electron chi connectivity index (χ1n) is 6.78. The quantitative estimate of drug-likeness (QED) is 0.765. The smallest absolute Gasteiger partial charge is 0.320 e. The van der Waals surface area contributed by atoms with Crippen LogP contribution < -0.4 is 4.74 Å². The van der Waals surface area contributed by atoms with E-state index in [1.165, 1.54) is 5.56 Å². The maximum Gasteiger partial charge on any atom is 0.320 e. The van der Waals surface area contributed by atoms with Crippen molar-refractivity contribution < 1.29 is 14.3 Å². The van der Waals surface area contributed by atoms with Gasteiger partial charge in [0, 0.05) is 6.04 Å². The Morgan fingerprint density at radius 3 is 3.05 bits per heavy atom. The van der Waals surface area contributed by atoms with Gasteiger partial charge in [0.1, 0.15) is 5.75 Å². The van der Waals surface area contributed by atoms with Gasteiger partial charge in [-0.15, -0.1) is 0 Å². The van der Waals surface area contributed by atoms with E-state index >= 15 is 0 Å². The molecule has 104 valence electrons. The van der Waals surface area contributed by atoms with E-state index in [-0.39, 0.29) is 5.97 Å². The largest absolute Gasteiger partial charge is 0.497 e. The number of carbonyl (C=O) groups is 1. The first-order chi connectivity index (χ1) is 9.24. The van der Waals surface area contributed by atoms with Gasteiger partial charge in [0.2, 0.25) is 0 Å². The summed E-state index contributed by atoms with van der Waals surface area (Å²) in [5.41, 5.74) is 1.21. The molecule has 19 heavy (non-hydrogen) atoms. The van der Waals surface area contributed by atoms with Crippen molar-refractivity contribution >= 4 is 5.97 Å². The normalized spacial score (nSPS) is 19.4. The van der Waals surface area contributed by atoms with E-state index in [4.69, 9.17) is 9.47 Å². The number of carbonyl (C=O) groups excluding carboxylic acids is 1. The van der Waals surface area contributed by atoms with Crippen LogP contribution in [0.5, 0.6) is 5.75 Å². The van der Waals surface area contributed by atoms with Crippen LogP contribution in [0.2, 0.25) is 0 Å². The van der Waals surface area contributed by atoms with E-state index in [0.29, 0.717) is 19.2 Å². The second-order valence-corrected chi connectivity index (χ2v) is 4.71. The highest BCUT2D eigenvalue weighted by molar-refractivity contribution is 5.71. The molecule has 1 aliphatic heterocycles. The van der Waals surface area contributed by atoms with Crippen molar-refractivity contribution in [3.05, 3.63) is 29.8 Å². The molecule has 0 bridgehead atoms. The molecule has 1 aromatic carbocycles. The maximum absolute atomic E-state index is 11.6. The molecule has 1 unspecified atom stereocenters. The van der Waals surface area contributed by atoms with Crippen LogP contribution in [0.1, 0.15) is 31.4 Å². The number of benzene rings is 1. The Hall–Kier alpha value is -1.55. The Balaban J connectivity index is 2.07. The molecule has 0 aliphatic carbocycles. The zero-order valence-electron chi connectivity index (χ0n) is 11.6. The predicted octanol–water partition coefficient (Wildman–Crippen LogP) is 2.40. The Kier molecular flexibility index (Phi) is 4.80. The van der Waals surface area contributed by atoms with Crippen LogP contribution in [-0.4, -0.2) is 37.7 Å². The average molecular weight is 263 g/mol. The summed E-state index contributed by atoms with van der Waals surface area (Å²) in [7, 11) is 1.67. The number of methoxy groups -OCH3 is 1. The molecule has 0 amide bonds. The van der Waals surface area contributed by atoms with Gasteiger partial charge in [-0.25, -0.2) is 0 Å². The monoisotopic (exact) mass is 263 g/mol. The SMILES string of the molecule is CCOC(=O)CN1CCCC1c1cccc(OC)c1. The summed E-state index contributed by atoms with van der Waals surface area (Å²) in [4.78, 5) is 13.8. The molecule has 1 saturated heterocycles. The first-order valence-corrected chi connectivity index (χ1v) is 6.78. The summed E-state index contributed by atoms with van der Waals surface area (Å²) in [6, 6.07) is 8.37. The van der Waals surface area contributed by atoms with E-state index in [1.54, 1.807) is 7.11 Å². The summed E-state index contributed by atoms with van der Waals surface area (Å²) < 4.78 is 10.3. The summed E-state index contributed by atoms with van der Waals surface area (Å²) in [5, 5.41) is 0. The van der Waals surface area contributed by atoms with Crippen LogP contribution in [0, 0.1) is 0 Å². The number of rotatable bonds is 5. The topological polar surface area (TPSA) is 38.8 Å². The van der Waals surface area contributed by atoms with Crippen molar-refractivity contribution in [2.75, 3.05) is 26.8 Å². The van der Waals surface area contributed by atoms with Crippen LogP contribution >= 0.6 is 0 Å². The number of ether oxygens (including phenoxy) is 2. The maximum atomic E-state index is 11.6. The lowest BCUT2D eigenvalue weighted by molar-refractivity contribution is -0.144. The van der Waals surface area contributed by atoms with E-state index in [9.17, 15) is 4.79 Å².